The molecule has 0 radical (unpaired) electrons. The topological polar surface area (TPSA) is 12.0 Å². The van der Waals surface area contributed by atoms with Crippen molar-refractivity contribution in [3.05, 3.63) is 35.4 Å². The molecule has 0 bridgehead atoms. The Balaban J connectivity index is 1.93. The summed E-state index contributed by atoms with van der Waals surface area (Å²) < 4.78 is 0. The predicted octanol–water partition coefficient (Wildman–Crippen LogP) is 5.04. The van der Waals surface area contributed by atoms with Gasteiger partial charge in [-0.3, -0.25) is 0 Å². The van der Waals surface area contributed by atoms with Gasteiger partial charge in [0.25, 0.3) is 0 Å². The highest BCUT2D eigenvalue weighted by atomic mass is 14.9. The van der Waals surface area contributed by atoms with Gasteiger partial charge < -0.3 is 5.32 Å². The highest BCUT2D eigenvalue weighted by molar-refractivity contribution is 5.26. The second-order valence-corrected chi connectivity index (χ2v) is 6.54. The molecule has 0 aliphatic heterocycles. The Kier molecular flexibility index (Phi) is 5.04. The lowest BCUT2D eigenvalue weighted by atomic mass is 9.96. The van der Waals surface area contributed by atoms with E-state index in [2.05, 4.69) is 57.3 Å². The van der Waals surface area contributed by atoms with Crippen LogP contribution in [0.3, 0.4) is 0 Å². The van der Waals surface area contributed by atoms with E-state index in [-0.39, 0.29) is 0 Å². The van der Waals surface area contributed by atoms with Crippen molar-refractivity contribution in [2.75, 3.05) is 0 Å². The number of hydrogen-bond acceptors (Lipinski definition) is 1. The van der Waals surface area contributed by atoms with Gasteiger partial charge in [-0.25, -0.2) is 0 Å². The van der Waals surface area contributed by atoms with E-state index in [0.717, 1.165) is 5.92 Å². The van der Waals surface area contributed by atoms with Crippen molar-refractivity contribution in [1.29, 1.82) is 0 Å². The van der Waals surface area contributed by atoms with E-state index >= 15 is 0 Å². The molecule has 0 saturated heterocycles. The van der Waals surface area contributed by atoms with Crippen molar-refractivity contribution in [2.45, 2.75) is 71.4 Å². The SMILES string of the molecule is CC(C)c1ccc(C(C)N[C@H](C)C2CCCC2)cc1. The Morgan fingerprint density at radius 1 is 0.895 bits per heavy atom. The number of benzene rings is 1. The molecule has 1 N–H and O–H groups in total. The largest absolute Gasteiger partial charge is 0.307 e. The Bertz CT molecular complexity index is 373. The molecule has 106 valence electrons. The summed E-state index contributed by atoms with van der Waals surface area (Å²) in [5, 5.41) is 3.79. The first kappa shape index (κ1) is 14.6. The van der Waals surface area contributed by atoms with Gasteiger partial charge in [-0.1, -0.05) is 51.0 Å². The van der Waals surface area contributed by atoms with E-state index in [1.807, 2.05) is 0 Å². The Morgan fingerprint density at radius 3 is 1.95 bits per heavy atom. The summed E-state index contributed by atoms with van der Waals surface area (Å²) >= 11 is 0. The highest BCUT2D eigenvalue weighted by Crippen LogP contribution is 2.29. The molecular formula is C18H29N. The van der Waals surface area contributed by atoms with E-state index in [1.165, 1.54) is 36.8 Å². The van der Waals surface area contributed by atoms with Crippen LogP contribution in [-0.4, -0.2) is 6.04 Å². The molecule has 19 heavy (non-hydrogen) atoms. The maximum absolute atomic E-state index is 3.79. The zero-order valence-corrected chi connectivity index (χ0v) is 12.9. The summed E-state index contributed by atoms with van der Waals surface area (Å²) in [4.78, 5) is 0. The van der Waals surface area contributed by atoms with Crippen molar-refractivity contribution >= 4 is 0 Å². The van der Waals surface area contributed by atoms with Crippen molar-refractivity contribution in [2.24, 2.45) is 5.92 Å². The van der Waals surface area contributed by atoms with Crippen LogP contribution < -0.4 is 5.32 Å². The summed E-state index contributed by atoms with van der Waals surface area (Å²) in [7, 11) is 0. The molecule has 1 fully saturated rings. The molecule has 0 spiro atoms. The van der Waals surface area contributed by atoms with Crippen LogP contribution in [0.1, 0.15) is 76.5 Å². The molecule has 1 aromatic carbocycles. The van der Waals surface area contributed by atoms with E-state index in [0.29, 0.717) is 18.0 Å². The fourth-order valence-electron chi connectivity index (χ4n) is 3.25. The van der Waals surface area contributed by atoms with Gasteiger partial charge in [0.1, 0.15) is 0 Å². The zero-order chi connectivity index (χ0) is 13.8. The fraction of sp³-hybridized carbons (Fsp3) is 0.667. The van der Waals surface area contributed by atoms with Crippen LogP contribution in [0.5, 0.6) is 0 Å². The molecular weight excluding hydrogens is 230 g/mol. The minimum Gasteiger partial charge on any atom is -0.307 e. The van der Waals surface area contributed by atoms with Gasteiger partial charge in [-0.05, 0) is 49.7 Å². The minimum absolute atomic E-state index is 0.455. The molecule has 1 aromatic rings. The van der Waals surface area contributed by atoms with Gasteiger partial charge in [0.05, 0.1) is 0 Å². The van der Waals surface area contributed by atoms with Crippen molar-refractivity contribution in [1.82, 2.24) is 5.32 Å². The van der Waals surface area contributed by atoms with Crippen LogP contribution in [0.2, 0.25) is 0 Å². The molecule has 1 saturated carbocycles. The first-order valence-electron chi connectivity index (χ1n) is 7.94. The van der Waals surface area contributed by atoms with Crippen molar-refractivity contribution < 1.29 is 0 Å². The standard InChI is InChI=1S/C18H29N/c1-13(2)16-9-11-18(12-10-16)15(4)19-14(3)17-7-5-6-8-17/h9-15,17,19H,5-8H2,1-4H3/t14-,15?/m1/s1. The predicted molar refractivity (Wildman–Crippen MR) is 83.5 cm³/mol. The first-order valence-corrected chi connectivity index (χ1v) is 7.94. The van der Waals surface area contributed by atoms with Gasteiger partial charge >= 0.3 is 0 Å². The normalized spacial score (nSPS) is 19.8. The van der Waals surface area contributed by atoms with Crippen LogP contribution in [0.15, 0.2) is 24.3 Å². The third-order valence-corrected chi connectivity index (χ3v) is 4.72. The third kappa shape index (κ3) is 3.82. The maximum atomic E-state index is 3.79. The molecule has 0 aromatic heterocycles. The van der Waals surface area contributed by atoms with Crippen LogP contribution in [0.25, 0.3) is 0 Å². The average Bonchev–Trinajstić information content (AvgIpc) is 2.92. The summed E-state index contributed by atoms with van der Waals surface area (Å²) in [6, 6.07) is 10.2. The van der Waals surface area contributed by atoms with Crippen LogP contribution >= 0.6 is 0 Å². The third-order valence-electron chi connectivity index (χ3n) is 4.72. The second kappa shape index (κ2) is 6.56. The smallest absolute Gasteiger partial charge is 0.0294 e. The lowest BCUT2D eigenvalue weighted by Crippen LogP contribution is -2.34. The van der Waals surface area contributed by atoms with Gasteiger partial charge in [-0.15, -0.1) is 0 Å². The fourth-order valence-corrected chi connectivity index (χ4v) is 3.25. The van der Waals surface area contributed by atoms with E-state index in [9.17, 15) is 0 Å². The van der Waals surface area contributed by atoms with Gasteiger partial charge in [0, 0.05) is 12.1 Å². The molecule has 1 heteroatoms. The minimum atomic E-state index is 0.455. The lowest BCUT2D eigenvalue weighted by molar-refractivity contribution is 0.352. The van der Waals surface area contributed by atoms with E-state index in [1.54, 1.807) is 0 Å². The molecule has 1 aliphatic carbocycles. The van der Waals surface area contributed by atoms with Crippen LogP contribution in [-0.2, 0) is 0 Å². The monoisotopic (exact) mass is 259 g/mol. The number of hydrogen-bond donors (Lipinski definition) is 1. The Labute approximate surface area is 118 Å². The highest BCUT2D eigenvalue weighted by Gasteiger charge is 2.22. The molecule has 1 nitrogen and oxygen atoms in total. The van der Waals surface area contributed by atoms with E-state index < -0.39 is 0 Å². The summed E-state index contributed by atoms with van der Waals surface area (Å²) in [5.74, 6) is 1.51. The summed E-state index contributed by atoms with van der Waals surface area (Å²) in [6.07, 6.45) is 5.67. The van der Waals surface area contributed by atoms with Gasteiger partial charge in [0.15, 0.2) is 0 Å². The molecule has 2 rings (SSSR count). The molecule has 1 aliphatic rings. The molecule has 0 heterocycles. The number of nitrogens with one attached hydrogen (secondary N) is 1. The van der Waals surface area contributed by atoms with Crippen LogP contribution in [0.4, 0.5) is 0 Å². The summed E-state index contributed by atoms with van der Waals surface area (Å²) in [6.45, 7) is 9.14. The van der Waals surface area contributed by atoms with Gasteiger partial charge in [-0.2, -0.15) is 0 Å². The molecule has 1 unspecified atom stereocenters. The Hall–Kier alpha value is -0.820. The van der Waals surface area contributed by atoms with Crippen molar-refractivity contribution in [3.8, 4) is 0 Å². The van der Waals surface area contributed by atoms with Crippen molar-refractivity contribution in [3.63, 3.8) is 0 Å². The lowest BCUT2D eigenvalue weighted by Gasteiger charge is -2.25. The zero-order valence-electron chi connectivity index (χ0n) is 12.9. The van der Waals surface area contributed by atoms with Crippen LogP contribution in [0, 0.1) is 5.92 Å². The van der Waals surface area contributed by atoms with Gasteiger partial charge in [0.2, 0.25) is 0 Å². The second-order valence-electron chi connectivity index (χ2n) is 6.54. The Morgan fingerprint density at radius 2 is 1.42 bits per heavy atom. The summed E-state index contributed by atoms with van der Waals surface area (Å²) in [5.41, 5.74) is 2.84. The average molecular weight is 259 g/mol. The molecule has 2 atom stereocenters. The quantitative estimate of drug-likeness (QED) is 0.781. The van der Waals surface area contributed by atoms with E-state index in [4.69, 9.17) is 0 Å². The first-order chi connectivity index (χ1) is 9.08. The number of rotatable bonds is 5. The molecule has 0 amide bonds. The maximum Gasteiger partial charge on any atom is 0.0294 e.